The predicted octanol–water partition coefficient (Wildman–Crippen LogP) is 1.60. The van der Waals surface area contributed by atoms with Gasteiger partial charge < -0.3 is 14.8 Å². The zero-order valence-corrected chi connectivity index (χ0v) is 14.3. The second-order valence-electron chi connectivity index (χ2n) is 5.55. The molecule has 134 valence electrons. The largest absolute Gasteiger partial charge is 0.497 e. The summed E-state index contributed by atoms with van der Waals surface area (Å²) in [5, 5.41) is 2.75. The van der Waals surface area contributed by atoms with Crippen molar-refractivity contribution in [2.24, 2.45) is 0 Å². The van der Waals surface area contributed by atoms with E-state index in [9.17, 15) is 9.59 Å². The normalized spacial score (nSPS) is 10.5. The number of methoxy groups -OCH3 is 1. The molecule has 0 saturated carbocycles. The van der Waals surface area contributed by atoms with Crippen LogP contribution < -0.4 is 20.3 Å². The van der Waals surface area contributed by atoms with Gasteiger partial charge in [0.15, 0.2) is 0 Å². The van der Waals surface area contributed by atoms with Crippen LogP contribution in [0.2, 0.25) is 0 Å². The van der Waals surface area contributed by atoms with Crippen LogP contribution in [0.5, 0.6) is 11.5 Å². The number of nitrogens with zero attached hydrogens (tertiary/aromatic N) is 2. The predicted molar refractivity (Wildman–Crippen MR) is 97.5 cm³/mol. The standard InChI is InChI=1S/C19H19N3O4/c1-25-14-6-8-15(9-7-14)26-11-10-20-18(23)13-22-17-5-3-2-4-16(17)21-12-19(22)24/h2-9,12H,10-11,13H2,1H3,(H,20,23). The zero-order chi connectivity index (χ0) is 18.4. The second kappa shape index (κ2) is 8.15. The number of hydrogen-bond donors (Lipinski definition) is 1. The van der Waals surface area contributed by atoms with E-state index in [0.717, 1.165) is 5.75 Å². The molecule has 3 aromatic rings. The van der Waals surface area contributed by atoms with Gasteiger partial charge in [0.2, 0.25) is 5.91 Å². The highest BCUT2D eigenvalue weighted by Crippen LogP contribution is 2.16. The van der Waals surface area contributed by atoms with Gasteiger partial charge in [-0.3, -0.25) is 14.2 Å². The number of aromatic nitrogens is 2. The zero-order valence-electron chi connectivity index (χ0n) is 14.3. The van der Waals surface area contributed by atoms with E-state index in [-0.39, 0.29) is 18.0 Å². The average molecular weight is 353 g/mol. The van der Waals surface area contributed by atoms with Gasteiger partial charge in [-0.15, -0.1) is 0 Å². The Bertz CT molecular complexity index is 951. The van der Waals surface area contributed by atoms with Gasteiger partial charge in [-0.05, 0) is 36.4 Å². The fourth-order valence-corrected chi connectivity index (χ4v) is 2.51. The molecule has 0 aliphatic carbocycles. The Morgan fingerprint density at radius 1 is 1.12 bits per heavy atom. The van der Waals surface area contributed by atoms with E-state index in [1.807, 2.05) is 6.07 Å². The molecular weight excluding hydrogens is 334 g/mol. The number of fused-ring (bicyclic) bond motifs is 1. The molecule has 0 unspecified atom stereocenters. The number of para-hydroxylation sites is 2. The molecule has 3 rings (SSSR count). The van der Waals surface area contributed by atoms with Crippen molar-refractivity contribution in [1.29, 1.82) is 0 Å². The van der Waals surface area contributed by atoms with Gasteiger partial charge in [0.05, 0.1) is 30.9 Å². The number of ether oxygens (including phenoxy) is 2. The molecule has 2 aromatic carbocycles. The van der Waals surface area contributed by atoms with Crippen LogP contribution in [0.3, 0.4) is 0 Å². The molecule has 0 aliphatic rings. The van der Waals surface area contributed by atoms with Gasteiger partial charge in [0.25, 0.3) is 5.56 Å². The third-order valence-electron chi connectivity index (χ3n) is 3.81. The Hall–Kier alpha value is -3.35. The maximum absolute atomic E-state index is 12.1. The molecule has 7 nitrogen and oxygen atoms in total. The van der Waals surface area contributed by atoms with Crippen molar-refractivity contribution < 1.29 is 14.3 Å². The first-order valence-corrected chi connectivity index (χ1v) is 8.15. The highest BCUT2D eigenvalue weighted by Gasteiger charge is 2.08. The Balaban J connectivity index is 1.53. The molecule has 26 heavy (non-hydrogen) atoms. The molecule has 1 amide bonds. The van der Waals surface area contributed by atoms with Crippen LogP contribution in [0.1, 0.15) is 0 Å². The SMILES string of the molecule is COc1ccc(OCCNC(=O)Cn2c(=O)cnc3ccccc32)cc1. The van der Waals surface area contributed by atoms with E-state index < -0.39 is 0 Å². The molecular formula is C19H19N3O4. The first-order chi connectivity index (χ1) is 12.7. The lowest BCUT2D eigenvalue weighted by Gasteiger charge is -2.11. The fourth-order valence-electron chi connectivity index (χ4n) is 2.51. The smallest absolute Gasteiger partial charge is 0.269 e. The molecule has 0 radical (unpaired) electrons. The Morgan fingerprint density at radius 2 is 1.85 bits per heavy atom. The molecule has 0 spiro atoms. The topological polar surface area (TPSA) is 82.5 Å². The molecule has 1 heterocycles. The monoisotopic (exact) mass is 353 g/mol. The highest BCUT2D eigenvalue weighted by molar-refractivity contribution is 5.79. The van der Waals surface area contributed by atoms with Crippen LogP contribution >= 0.6 is 0 Å². The first-order valence-electron chi connectivity index (χ1n) is 8.15. The second-order valence-corrected chi connectivity index (χ2v) is 5.55. The number of hydrogen-bond acceptors (Lipinski definition) is 5. The summed E-state index contributed by atoms with van der Waals surface area (Å²) >= 11 is 0. The lowest BCUT2D eigenvalue weighted by atomic mass is 10.3. The quantitative estimate of drug-likeness (QED) is 0.653. The third-order valence-corrected chi connectivity index (χ3v) is 3.81. The van der Waals surface area contributed by atoms with E-state index in [1.165, 1.54) is 10.8 Å². The van der Waals surface area contributed by atoms with Crippen LogP contribution in [0.15, 0.2) is 59.5 Å². The number of carbonyl (C=O) groups excluding carboxylic acids is 1. The van der Waals surface area contributed by atoms with Crippen LogP contribution in [-0.2, 0) is 11.3 Å². The Labute approximate surface area is 150 Å². The molecule has 0 fully saturated rings. The van der Waals surface area contributed by atoms with Gasteiger partial charge >= 0.3 is 0 Å². The minimum Gasteiger partial charge on any atom is -0.497 e. The van der Waals surface area contributed by atoms with E-state index in [2.05, 4.69) is 10.3 Å². The number of benzene rings is 2. The summed E-state index contributed by atoms with van der Waals surface area (Å²) in [7, 11) is 1.60. The van der Waals surface area contributed by atoms with Crippen LogP contribution in [0.25, 0.3) is 11.0 Å². The van der Waals surface area contributed by atoms with Gasteiger partial charge in [0.1, 0.15) is 24.7 Å². The summed E-state index contributed by atoms with van der Waals surface area (Å²) < 4.78 is 12.0. The minimum atomic E-state index is -0.312. The summed E-state index contributed by atoms with van der Waals surface area (Å²) in [6.07, 6.45) is 1.22. The van der Waals surface area contributed by atoms with Crippen molar-refractivity contribution >= 4 is 16.9 Å². The first kappa shape index (κ1) is 17.5. The number of nitrogens with one attached hydrogen (secondary N) is 1. The summed E-state index contributed by atoms with van der Waals surface area (Å²) in [6.45, 7) is 0.594. The summed E-state index contributed by atoms with van der Waals surface area (Å²) in [6, 6.07) is 14.4. The van der Waals surface area contributed by atoms with E-state index in [4.69, 9.17) is 9.47 Å². The average Bonchev–Trinajstić information content (AvgIpc) is 2.68. The molecule has 0 atom stereocenters. The maximum atomic E-state index is 12.1. The Kier molecular flexibility index (Phi) is 5.48. The van der Waals surface area contributed by atoms with Gasteiger partial charge in [-0.25, -0.2) is 4.98 Å². The van der Waals surface area contributed by atoms with E-state index >= 15 is 0 Å². The summed E-state index contributed by atoms with van der Waals surface area (Å²) in [5.74, 6) is 1.18. The Morgan fingerprint density at radius 3 is 2.62 bits per heavy atom. The van der Waals surface area contributed by atoms with Gasteiger partial charge in [0, 0.05) is 0 Å². The van der Waals surface area contributed by atoms with Gasteiger partial charge in [-0.2, -0.15) is 0 Å². The van der Waals surface area contributed by atoms with Gasteiger partial charge in [-0.1, -0.05) is 12.1 Å². The molecule has 0 aliphatic heterocycles. The fraction of sp³-hybridized carbons (Fsp3) is 0.211. The minimum absolute atomic E-state index is 0.0651. The number of amides is 1. The summed E-state index contributed by atoms with van der Waals surface area (Å²) in [4.78, 5) is 28.2. The molecule has 1 N–H and O–H groups in total. The van der Waals surface area contributed by atoms with Crippen molar-refractivity contribution in [3.8, 4) is 11.5 Å². The molecule has 0 bridgehead atoms. The van der Waals surface area contributed by atoms with Crippen molar-refractivity contribution in [1.82, 2.24) is 14.9 Å². The van der Waals surface area contributed by atoms with Crippen molar-refractivity contribution in [2.75, 3.05) is 20.3 Å². The van der Waals surface area contributed by atoms with Crippen molar-refractivity contribution in [3.05, 3.63) is 65.1 Å². The van der Waals surface area contributed by atoms with Crippen molar-refractivity contribution in [2.45, 2.75) is 6.54 Å². The molecule has 1 aromatic heterocycles. The number of rotatable bonds is 7. The lowest BCUT2D eigenvalue weighted by molar-refractivity contribution is -0.121. The highest BCUT2D eigenvalue weighted by atomic mass is 16.5. The van der Waals surface area contributed by atoms with Crippen LogP contribution in [0.4, 0.5) is 0 Å². The van der Waals surface area contributed by atoms with Crippen molar-refractivity contribution in [3.63, 3.8) is 0 Å². The van der Waals surface area contributed by atoms with E-state index in [0.29, 0.717) is 29.9 Å². The van der Waals surface area contributed by atoms with Crippen LogP contribution in [-0.4, -0.2) is 35.7 Å². The van der Waals surface area contributed by atoms with E-state index in [1.54, 1.807) is 49.6 Å². The maximum Gasteiger partial charge on any atom is 0.269 e. The number of carbonyl (C=O) groups is 1. The molecule has 7 heteroatoms. The molecule has 0 saturated heterocycles. The third kappa shape index (κ3) is 4.18. The summed E-state index contributed by atoms with van der Waals surface area (Å²) in [5.41, 5.74) is 0.987. The van der Waals surface area contributed by atoms with Crippen LogP contribution in [0, 0.1) is 0 Å². The lowest BCUT2D eigenvalue weighted by Crippen LogP contribution is -2.34.